The average molecular weight is 229 g/mol. The van der Waals surface area contributed by atoms with Gasteiger partial charge in [0.1, 0.15) is 0 Å². The molecule has 0 radical (unpaired) electrons. The molecule has 0 fully saturated rings. The van der Waals surface area contributed by atoms with Gasteiger partial charge in [-0.15, -0.1) is 0 Å². The molecule has 0 saturated carbocycles. The number of hydrogen-bond acceptors (Lipinski definition) is 2. The normalized spacial score (nSPS) is 9.92. The smallest absolute Gasteiger partial charge is 0.0488 e. The third-order valence-electron chi connectivity index (χ3n) is 1.88. The highest BCUT2D eigenvalue weighted by molar-refractivity contribution is 9.09. The first kappa shape index (κ1) is 9.55. The van der Waals surface area contributed by atoms with Gasteiger partial charge in [-0.05, 0) is 36.6 Å². The van der Waals surface area contributed by atoms with Crippen LogP contribution in [0.4, 0.5) is 5.69 Å². The highest BCUT2D eigenvalue weighted by atomic mass is 79.9. The zero-order chi connectivity index (χ0) is 8.97. The zero-order valence-corrected chi connectivity index (χ0v) is 8.69. The Labute approximate surface area is 81.3 Å². The van der Waals surface area contributed by atoms with Crippen LogP contribution >= 0.6 is 15.9 Å². The summed E-state index contributed by atoms with van der Waals surface area (Å²) in [5, 5.41) is 0.988. The first-order valence-corrected chi connectivity index (χ1v) is 5.02. The average Bonchev–Trinajstić information content (AvgIpc) is 2.09. The number of hydrazine groups is 1. The highest BCUT2D eigenvalue weighted by Gasteiger charge is 1.98. The Morgan fingerprint density at radius 2 is 2.25 bits per heavy atom. The van der Waals surface area contributed by atoms with Crippen LogP contribution in [0.25, 0.3) is 0 Å². The lowest BCUT2D eigenvalue weighted by Gasteiger charge is -2.06. The number of hydrogen-bond donors (Lipinski definition) is 2. The molecule has 0 bridgehead atoms. The molecule has 0 aliphatic rings. The molecule has 0 aliphatic heterocycles. The maximum Gasteiger partial charge on any atom is 0.0488 e. The SMILES string of the molecule is Cc1ccc(NN)cc1CCBr. The number of halogens is 1. The number of alkyl halides is 1. The van der Waals surface area contributed by atoms with Gasteiger partial charge in [0.15, 0.2) is 0 Å². The third kappa shape index (κ3) is 2.22. The summed E-state index contributed by atoms with van der Waals surface area (Å²) in [6, 6.07) is 6.14. The first-order valence-electron chi connectivity index (χ1n) is 3.90. The summed E-state index contributed by atoms with van der Waals surface area (Å²) in [5.41, 5.74) is 6.26. The topological polar surface area (TPSA) is 38.0 Å². The molecule has 0 saturated heterocycles. The van der Waals surface area contributed by atoms with E-state index in [0.29, 0.717) is 0 Å². The highest BCUT2D eigenvalue weighted by Crippen LogP contribution is 2.15. The predicted molar refractivity (Wildman–Crippen MR) is 56.5 cm³/mol. The lowest BCUT2D eigenvalue weighted by Crippen LogP contribution is -2.07. The summed E-state index contributed by atoms with van der Waals surface area (Å²) < 4.78 is 0. The molecule has 0 unspecified atom stereocenters. The predicted octanol–water partition coefficient (Wildman–Crippen LogP) is 2.22. The summed E-state index contributed by atoms with van der Waals surface area (Å²) in [5.74, 6) is 5.30. The molecule has 0 atom stereocenters. The number of aryl methyl sites for hydroxylation is 2. The van der Waals surface area contributed by atoms with Crippen LogP contribution in [-0.4, -0.2) is 5.33 Å². The van der Waals surface area contributed by atoms with Gasteiger partial charge in [0.25, 0.3) is 0 Å². The van der Waals surface area contributed by atoms with Gasteiger partial charge < -0.3 is 5.43 Å². The zero-order valence-electron chi connectivity index (χ0n) is 7.10. The molecule has 0 heterocycles. The molecule has 3 N–H and O–H groups in total. The van der Waals surface area contributed by atoms with Gasteiger partial charge in [-0.2, -0.15) is 0 Å². The van der Waals surface area contributed by atoms with Crippen molar-refractivity contribution in [3.8, 4) is 0 Å². The van der Waals surface area contributed by atoms with E-state index in [1.165, 1.54) is 11.1 Å². The lowest BCUT2D eigenvalue weighted by atomic mass is 10.1. The van der Waals surface area contributed by atoms with Gasteiger partial charge in [-0.25, -0.2) is 0 Å². The first-order chi connectivity index (χ1) is 5.77. The van der Waals surface area contributed by atoms with Gasteiger partial charge in [0.05, 0.1) is 0 Å². The number of nitrogens with two attached hydrogens (primary N) is 1. The summed E-state index contributed by atoms with van der Waals surface area (Å²) >= 11 is 3.42. The monoisotopic (exact) mass is 228 g/mol. The second-order valence-electron chi connectivity index (χ2n) is 2.72. The van der Waals surface area contributed by atoms with E-state index in [1.807, 2.05) is 6.07 Å². The fourth-order valence-corrected chi connectivity index (χ4v) is 1.56. The van der Waals surface area contributed by atoms with Gasteiger partial charge in [0.2, 0.25) is 0 Å². The van der Waals surface area contributed by atoms with Crippen molar-refractivity contribution in [2.24, 2.45) is 5.84 Å². The quantitative estimate of drug-likeness (QED) is 0.473. The van der Waals surface area contributed by atoms with Crippen molar-refractivity contribution in [1.82, 2.24) is 0 Å². The number of nitrogens with one attached hydrogen (secondary N) is 1. The largest absolute Gasteiger partial charge is 0.324 e. The Hall–Kier alpha value is -0.540. The van der Waals surface area contributed by atoms with Crippen molar-refractivity contribution in [2.45, 2.75) is 13.3 Å². The molecule has 12 heavy (non-hydrogen) atoms. The fraction of sp³-hybridized carbons (Fsp3) is 0.333. The molecule has 0 spiro atoms. The molecule has 1 rings (SSSR count). The summed E-state index contributed by atoms with van der Waals surface area (Å²) in [7, 11) is 0. The maximum absolute atomic E-state index is 5.30. The Bertz CT molecular complexity index is 261. The van der Waals surface area contributed by atoms with E-state index >= 15 is 0 Å². The van der Waals surface area contributed by atoms with Crippen LogP contribution < -0.4 is 11.3 Å². The van der Waals surface area contributed by atoms with Crippen LogP contribution in [0.3, 0.4) is 0 Å². The van der Waals surface area contributed by atoms with Crippen LogP contribution in [0.2, 0.25) is 0 Å². The molecule has 1 aromatic rings. The molecular weight excluding hydrogens is 216 g/mol. The standard InChI is InChI=1S/C9H13BrN2/c1-7-2-3-9(12-11)6-8(7)4-5-10/h2-3,6,12H,4-5,11H2,1H3. The van der Waals surface area contributed by atoms with E-state index in [2.05, 4.69) is 40.4 Å². The van der Waals surface area contributed by atoms with E-state index in [-0.39, 0.29) is 0 Å². The maximum atomic E-state index is 5.30. The second-order valence-corrected chi connectivity index (χ2v) is 3.52. The van der Waals surface area contributed by atoms with Gasteiger partial charge in [-0.3, -0.25) is 5.84 Å². The van der Waals surface area contributed by atoms with E-state index in [0.717, 1.165) is 17.4 Å². The van der Waals surface area contributed by atoms with Gasteiger partial charge in [0, 0.05) is 11.0 Å². The van der Waals surface area contributed by atoms with Crippen LogP contribution in [-0.2, 0) is 6.42 Å². The molecular formula is C9H13BrN2. The second kappa shape index (κ2) is 4.48. The summed E-state index contributed by atoms with van der Waals surface area (Å²) in [6.45, 7) is 2.11. The van der Waals surface area contributed by atoms with Gasteiger partial charge in [-0.1, -0.05) is 22.0 Å². The van der Waals surface area contributed by atoms with Crippen molar-refractivity contribution < 1.29 is 0 Å². The number of anilines is 1. The lowest BCUT2D eigenvalue weighted by molar-refractivity contribution is 1.13. The number of nitrogen functional groups attached to an aromatic ring is 1. The summed E-state index contributed by atoms with van der Waals surface area (Å²) in [6.07, 6.45) is 1.04. The molecule has 0 amide bonds. The van der Waals surface area contributed by atoms with E-state index in [1.54, 1.807) is 0 Å². The number of rotatable bonds is 3. The molecule has 2 nitrogen and oxygen atoms in total. The van der Waals surface area contributed by atoms with E-state index in [4.69, 9.17) is 5.84 Å². The Balaban J connectivity index is 2.91. The van der Waals surface area contributed by atoms with E-state index in [9.17, 15) is 0 Å². The summed E-state index contributed by atoms with van der Waals surface area (Å²) in [4.78, 5) is 0. The Kier molecular flexibility index (Phi) is 3.56. The van der Waals surface area contributed by atoms with Crippen molar-refractivity contribution in [2.75, 3.05) is 10.8 Å². The minimum absolute atomic E-state index is 0.969. The van der Waals surface area contributed by atoms with E-state index < -0.39 is 0 Å². The van der Waals surface area contributed by atoms with Crippen molar-refractivity contribution in [1.29, 1.82) is 0 Å². The molecule has 0 aromatic heterocycles. The van der Waals surface area contributed by atoms with Gasteiger partial charge >= 0.3 is 0 Å². The van der Waals surface area contributed by atoms with Crippen molar-refractivity contribution in [3.05, 3.63) is 29.3 Å². The minimum atomic E-state index is 0.969. The Morgan fingerprint density at radius 1 is 1.50 bits per heavy atom. The van der Waals surface area contributed by atoms with Crippen molar-refractivity contribution >= 4 is 21.6 Å². The Morgan fingerprint density at radius 3 is 2.83 bits per heavy atom. The molecule has 0 aliphatic carbocycles. The molecule has 66 valence electrons. The van der Waals surface area contributed by atoms with Crippen LogP contribution in [0.5, 0.6) is 0 Å². The molecule has 3 heteroatoms. The molecule has 1 aromatic carbocycles. The van der Waals surface area contributed by atoms with Crippen LogP contribution in [0.1, 0.15) is 11.1 Å². The van der Waals surface area contributed by atoms with Crippen molar-refractivity contribution in [3.63, 3.8) is 0 Å². The van der Waals surface area contributed by atoms with Crippen LogP contribution in [0.15, 0.2) is 18.2 Å². The third-order valence-corrected chi connectivity index (χ3v) is 2.28. The minimum Gasteiger partial charge on any atom is -0.324 e. The fourth-order valence-electron chi connectivity index (χ4n) is 1.13. The number of benzene rings is 1. The van der Waals surface area contributed by atoms with Crippen LogP contribution in [0, 0.1) is 6.92 Å².